The average molecular weight is 169 g/mol. The average Bonchev–Trinajstić information content (AvgIpc) is 2.03. The second-order valence-corrected chi connectivity index (χ2v) is 4.19. The lowest BCUT2D eigenvalue weighted by Crippen LogP contribution is -2.61. The van der Waals surface area contributed by atoms with Crippen molar-refractivity contribution in [3.05, 3.63) is 0 Å². The summed E-state index contributed by atoms with van der Waals surface area (Å²) in [7, 11) is 0. The summed E-state index contributed by atoms with van der Waals surface area (Å²) in [5.74, 6) is 0. The Morgan fingerprint density at radius 2 is 2.33 bits per heavy atom. The summed E-state index contributed by atoms with van der Waals surface area (Å²) in [6.45, 7) is 4.43. The number of nitrogens with one attached hydrogen (secondary N) is 1. The van der Waals surface area contributed by atoms with Gasteiger partial charge in [0.15, 0.2) is 0 Å². The fourth-order valence-corrected chi connectivity index (χ4v) is 2.39. The Morgan fingerprint density at radius 1 is 1.50 bits per heavy atom. The van der Waals surface area contributed by atoms with Crippen LogP contribution < -0.4 is 5.32 Å². The summed E-state index contributed by atoms with van der Waals surface area (Å²) >= 11 is 0. The summed E-state index contributed by atoms with van der Waals surface area (Å²) in [5.41, 5.74) is 0.498. The number of hydrogen-bond acceptors (Lipinski definition) is 2. The quantitative estimate of drug-likeness (QED) is 0.679. The molecule has 2 nitrogen and oxygen atoms in total. The molecule has 1 N–H and O–H groups in total. The third-order valence-corrected chi connectivity index (χ3v) is 3.27. The lowest BCUT2D eigenvalue weighted by molar-refractivity contribution is -0.0524. The molecule has 0 aromatic carbocycles. The molecule has 1 spiro atoms. The molecule has 0 saturated carbocycles. The lowest BCUT2D eigenvalue weighted by atomic mass is 9.78. The van der Waals surface area contributed by atoms with Crippen LogP contribution in [0.3, 0.4) is 0 Å². The van der Waals surface area contributed by atoms with Crippen molar-refractivity contribution in [2.24, 2.45) is 0 Å². The summed E-state index contributed by atoms with van der Waals surface area (Å²) < 4.78 is 5.71. The molecule has 2 atom stereocenters. The van der Waals surface area contributed by atoms with Gasteiger partial charge in [0.1, 0.15) is 0 Å². The first-order valence-electron chi connectivity index (χ1n) is 5.21. The van der Waals surface area contributed by atoms with Crippen molar-refractivity contribution in [3.63, 3.8) is 0 Å². The van der Waals surface area contributed by atoms with Gasteiger partial charge in [0.2, 0.25) is 0 Å². The minimum Gasteiger partial charge on any atom is -0.378 e. The Bertz CT molecular complexity index is 152. The minimum atomic E-state index is 0.498. The van der Waals surface area contributed by atoms with Gasteiger partial charge in [0.25, 0.3) is 0 Å². The van der Waals surface area contributed by atoms with E-state index in [0.29, 0.717) is 11.6 Å². The van der Waals surface area contributed by atoms with E-state index < -0.39 is 0 Å². The van der Waals surface area contributed by atoms with Crippen molar-refractivity contribution >= 4 is 0 Å². The third kappa shape index (κ3) is 1.50. The predicted molar refractivity (Wildman–Crippen MR) is 49.2 cm³/mol. The highest BCUT2D eigenvalue weighted by molar-refractivity contribution is 4.99. The van der Waals surface area contributed by atoms with Crippen molar-refractivity contribution in [3.8, 4) is 0 Å². The Morgan fingerprint density at radius 3 is 2.92 bits per heavy atom. The zero-order valence-electron chi connectivity index (χ0n) is 7.94. The maximum Gasteiger partial charge on any atom is 0.0592 e. The molecule has 2 saturated heterocycles. The molecule has 2 heterocycles. The first-order valence-corrected chi connectivity index (χ1v) is 5.21. The molecule has 0 aliphatic carbocycles. The van der Waals surface area contributed by atoms with Crippen LogP contribution in [-0.4, -0.2) is 24.8 Å². The standard InChI is InChI=1S/C10H19NO/c1-2-3-9-8-10(4-6-11-10)5-7-12-9/h9,11H,2-8H2,1H3. The van der Waals surface area contributed by atoms with Gasteiger partial charge in [-0.25, -0.2) is 0 Å². The van der Waals surface area contributed by atoms with Gasteiger partial charge >= 0.3 is 0 Å². The summed E-state index contributed by atoms with van der Waals surface area (Å²) in [5, 5.41) is 3.57. The van der Waals surface area contributed by atoms with Gasteiger partial charge in [-0.2, -0.15) is 0 Å². The molecule has 2 aliphatic heterocycles. The van der Waals surface area contributed by atoms with Crippen molar-refractivity contribution in [1.82, 2.24) is 5.32 Å². The Balaban J connectivity index is 1.85. The van der Waals surface area contributed by atoms with Gasteiger partial charge in [-0.05, 0) is 32.2 Å². The minimum absolute atomic E-state index is 0.498. The zero-order valence-corrected chi connectivity index (χ0v) is 7.94. The third-order valence-electron chi connectivity index (χ3n) is 3.27. The molecule has 2 unspecified atom stereocenters. The second kappa shape index (κ2) is 3.35. The van der Waals surface area contributed by atoms with Crippen LogP contribution in [0.15, 0.2) is 0 Å². The summed E-state index contributed by atoms with van der Waals surface area (Å²) in [6.07, 6.45) is 6.88. The number of hydrogen-bond donors (Lipinski definition) is 1. The molecule has 2 heteroatoms. The van der Waals surface area contributed by atoms with Crippen LogP contribution in [0.25, 0.3) is 0 Å². The van der Waals surface area contributed by atoms with Gasteiger partial charge in [0.05, 0.1) is 6.10 Å². The SMILES string of the molecule is CCCC1CC2(CCN2)CCO1. The number of ether oxygens (including phenoxy) is 1. The maximum absolute atomic E-state index is 5.71. The van der Waals surface area contributed by atoms with Crippen LogP contribution in [0, 0.1) is 0 Å². The Hall–Kier alpha value is -0.0800. The van der Waals surface area contributed by atoms with Crippen LogP contribution in [0.4, 0.5) is 0 Å². The van der Waals surface area contributed by atoms with Gasteiger partial charge < -0.3 is 10.1 Å². The molecule has 2 aliphatic rings. The smallest absolute Gasteiger partial charge is 0.0592 e. The molecule has 0 bridgehead atoms. The van der Waals surface area contributed by atoms with Gasteiger partial charge in [0, 0.05) is 12.1 Å². The van der Waals surface area contributed by atoms with Crippen LogP contribution in [0.5, 0.6) is 0 Å². The molecule has 2 fully saturated rings. The Labute approximate surface area is 74.7 Å². The molecule has 70 valence electrons. The lowest BCUT2D eigenvalue weighted by Gasteiger charge is -2.48. The van der Waals surface area contributed by atoms with Crippen LogP contribution >= 0.6 is 0 Å². The van der Waals surface area contributed by atoms with Crippen LogP contribution in [0.2, 0.25) is 0 Å². The topological polar surface area (TPSA) is 21.3 Å². The van der Waals surface area contributed by atoms with Gasteiger partial charge in [-0.3, -0.25) is 0 Å². The van der Waals surface area contributed by atoms with E-state index in [0.717, 1.165) is 6.61 Å². The van der Waals surface area contributed by atoms with Crippen molar-refractivity contribution in [2.75, 3.05) is 13.2 Å². The van der Waals surface area contributed by atoms with E-state index in [1.165, 1.54) is 38.6 Å². The van der Waals surface area contributed by atoms with Gasteiger partial charge in [-0.15, -0.1) is 0 Å². The van der Waals surface area contributed by atoms with E-state index in [2.05, 4.69) is 12.2 Å². The first kappa shape index (κ1) is 8.52. The van der Waals surface area contributed by atoms with Crippen LogP contribution in [0.1, 0.15) is 39.0 Å². The molecule has 0 radical (unpaired) electrons. The van der Waals surface area contributed by atoms with E-state index in [1.54, 1.807) is 0 Å². The van der Waals surface area contributed by atoms with Crippen molar-refractivity contribution in [2.45, 2.75) is 50.7 Å². The molecular formula is C10H19NO. The summed E-state index contributed by atoms with van der Waals surface area (Å²) in [6, 6.07) is 0. The first-order chi connectivity index (χ1) is 5.85. The fourth-order valence-electron chi connectivity index (χ4n) is 2.39. The maximum atomic E-state index is 5.71. The van der Waals surface area contributed by atoms with Crippen molar-refractivity contribution < 1.29 is 4.74 Å². The molecule has 0 amide bonds. The molecule has 12 heavy (non-hydrogen) atoms. The normalized spacial score (nSPS) is 41.2. The van der Waals surface area contributed by atoms with E-state index >= 15 is 0 Å². The highest BCUT2D eigenvalue weighted by Crippen LogP contribution is 2.34. The van der Waals surface area contributed by atoms with Gasteiger partial charge in [-0.1, -0.05) is 13.3 Å². The monoisotopic (exact) mass is 169 g/mol. The zero-order chi connectivity index (χ0) is 8.44. The number of rotatable bonds is 2. The largest absolute Gasteiger partial charge is 0.378 e. The molecule has 0 aromatic rings. The van der Waals surface area contributed by atoms with E-state index in [4.69, 9.17) is 4.74 Å². The molecular weight excluding hydrogens is 150 g/mol. The molecule has 2 rings (SSSR count). The summed E-state index contributed by atoms with van der Waals surface area (Å²) in [4.78, 5) is 0. The fraction of sp³-hybridized carbons (Fsp3) is 1.00. The predicted octanol–water partition coefficient (Wildman–Crippen LogP) is 1.70. The van der Waals surface area contributed by atoms with Crippen LogP contribution in [-0.2, 0) is 4.74 Å². The van der Waals surface area contributed by atoms with E-state index in [1.807, 2.05) is 0 Å². The Kier molecular flexibility index (Phi) is 2.37. The highest BCUT2D eigenvalue weighted by atomic mass is 16.5. The molecule has 0 aromatic heterocycles. The van der Waals surface area contributed by atoms with E-state index in [9.17, 15) is 0 Å². The van der Waals surface area contributed by atoms with E-state index in [-0.39, 0.29) is 0 Å². The highest BCUT2D eigenvalue weighted by Gasteiger charge is 2.40. The second-order valence-electron chi connectivity index (χ2n) is 4.19. The van der Waals surface area contributed by atoms with Crippen molar-refractivity contribution in [1.29, 1.82) is 0 Å².